The Kier molecular flexibility index (Phi) is 5.72. The lowest BCUT2D eigenvalue weighted by molar-refractivity contribution is 0.352. The summed E-state index contributed by atoms with van der Waals surface area (Å²) in [6.45, 7) is 1.07. The fourth-order valence-electron chi connectivity index (χ4n) is 3.52. The van der Waals surface area contributed by atoms with Gasteiger partial charge in [-0.2, -0.15) is 0 Å². The number of benzene rings is 2. The summed E-state index contributed by atoms with van der Waals surface area (Å²) in [5.74, 6) is 1.47. The SMILES string of the molecule is COc1cccc(C2=C/C(=C\c3ccccc3)CC[C@@H]2CN(C)C)c1. The lowest BCUT2D eigenvalue weighted by atomic mass is 9.81. The van der Waals surface area contributed by atoms with E-state index in [9.17, 15) is 0 Å². The molecule has 2 nitrogen and oxygen atoms in total. The van der Waals surface area contributed by atoms with E-state index < -0.39 is 0 Å². The van der Waals surface area contributed by atoms with Crippen LogP contribution < -0.4 is 4.74 Å². The number of ether oxygens (including phenoxy) is 1. The van der Waals surface area contributed by atoms with Crippen LogP contribution in [-0.4, -0.2) is 32.6 Å². The second-order valence-corrected chi connectivity index (χ2v) is 6.96. The van der Waals surface area contributed by atoms with Crippen molar-refractivity contribution in [1.82, 2.24) is 4.90 Å². The molecule has 0 saturated carbocycles. The third-order valence-electron chi connectivity index (χ3n) is 4.70. The average molecular weight is 333 g/mol. The van der Waals surface area contributed by atoms with Gasteiger partial charge in [-0.1, -0.05) is 54.6 Å². The Morgan fingerprint density at radius 2 is 1.88 bits per heavy atom. The average Bonchev–Trinajstić information content (AvgIpc) is 2.63. The topological polar surface area (TPSA) is 12.5 Å². The summed E-state index contributed by atoms with van der Waals surface area (Å²) in [5, 5.41) is 0. The minimum absolute atomic E-state index is 0.551. The van der Waals surface area contributed by atoms with Crippen molar-refractivity contribution >= 4 is 11.6 Å². The van der Waals surface area contributed by atoms with Crippen molar-refractivity contribution in [3.8, 4) is 5.75 Å². The van der Waals surface area contributed by atoms with Gasteiger partial charge in [0.1, 0.15) is 5.75 Å². The smallest absolute Gasteiger partial charge is 0.119 e. The van der Waals surface area contributed by atoms with E-state index in [0.29, 0.717) is 5.92 Å². The normalized spacial score (nSPS) is 19.1. The molecular weight excluding hydrogens is 306 g/mol. The van der Waals surface area contributed by atoms with E-state index in [2.05, 4.69) is 79.7 Å². The maximum Gasteiger partial charge on any atom is 0.119 e. The van der Waals surface area contributed by atoms with Gasteiger partial charge in [0.2, 0.25) is 0 Å². The van der Waals surface area contributed by atoms with Crippen molar-refractivity contribution in [2.24, 2.45) is 5.92 Å². The van der Waals surface area contributed by atoms with Gasteiger partial charge >= 0.3 is 0 Å². The summed E-state index contributed by atoms with van der Waals surface area (Å²) >= 11 is 0. The van der Waals surface area contributed by atoms with Crippen LogP contribution in [0, 0.1) is 5.92 Å². The zero-order chi connectivity index (χ0) is 17.6. The molecule has 1 aliphatic rings. The van der Waals surface area contributed by atoms with Crippen LogP contribution in [0.3, 0.4) is 0 Å². The van der Waals surface area contributed by atoms with Crippen LogP contribution in [0.5, 0.6) is 5.75 Å². The van der Waals surface area contributed by atoms with E-state index in [1.54, 1.807) is 7.11 Å². The molecule has 2 aromatic rings. The van der Waals surface area contributed by atoms with Crippen molar-refractivity contribution in [3.05, 3.63) is 77.4 Å². The Bertz CT molecular complexity index is 759. The second-order valence-electron chi connectivity index (χ2n) is 6.96. The quantitative estimate of drug-likeness (QED) is 0.752. The van der Waals surface area contributed by atoms with Gasteiger partial charge in [-0.3, -0.25) is 0 Å². The fraction of sp³-hybridized carbons (Fsp3) is 0.304. The lowest BCUT2D eigenvalue weighted by Gasteiger charge is -2.28. The molecule has 0 bridgehead atoms. The van der Waals surface area contributed by atoms with Crippen LogP contribution in [0.4, 0.5) is 0 Å². The highest BCUT2D eigenvalue weighted by Crippen LogP contribution is 2.36. The number of nitrogens with zero attached hydrogens (tertiary/aromatic N) is 1. The molecule has 1 atom stereocenters. The molecule has 0 unspecified atom stereocenters. The highest BCUT2D eigenvalue weighted by Gasteiger charge is 2.22. The van der Waals surface area contributed by atoms with Crippen LogP contribution >= 0.6 is 0 Å². The first-order valence-electron chi connectivity index (χ1n) is 8.92. The van der Waals surface area contributed by atoms with Gasteiger partial charge in [0.25, 0.3) is 0 Å². The van der Waals surface area contributed by atoms with Gasteiger partial charge in [0, 0.05) is 6.54 Å². The summed E-state index contributed by atoms with van der Waals surface area (Å²) in [5.41, 5.74) is 5.36. The zero-order valence-electron chi connectivity index (χ0n) is 15.4. The number of hydrogen-bond donors (Lipinski definition) is 0. The van der Waals surface area contributed by atoms with Crippen molar-refractivity contribution in [1.29, 1.82) is 0 Å². The van der Waals surface area contributed by atoms with Crippen LogP contribution in [0.1, 0.15) is 24.0 Å². The lowest BCUT2D eigenvalue weighted by Crippen LogP contribution is -2.24. The minimum atomic E-state index is 0.551. The number of allylic oxidation sites excluding steroid dienone is 2. The van der Waals surface area contributed by atoms with E-state index in [4.69, 9.17) is 4.74 Å². The highest BCUT2D eigenvalue weighted by atomic mass is 16.5. The third-order valence-corrected chi connectivity index (χ3v) is 4.70. The standard InChI is InChI=1S/C23H27NO/c1-24(2)17-21-13-12-19(14-18-8-5-4-6-9-18)15-23(21)20-10-7-11-22(16-20)25-3/h4-11,14-16,21H,12-13,17H2,1-3H3/b19-14-/t21-/m1/s1. The van der Waals surface area contributed by atoms with Gasteiger partial charge in [-0.15, -0.1) is 0 Å². The maximum absolute atomic E-state index is 5.43. The van der Waals surface area contributed by atoms with Gasteiger partial charge in [0.15, 0.2) is 0 Å². The molecule has 130 valence electrons. The predicted molar refractivity (Wildman–Crippen MR) is 107 cm³/mol. The van der Waals surface area contributed by atoms with Crippen LogP contribution in [0.2, 0.25) is 0 Å². The molecule has 0 radical (unpaired) electrons. The first-order chi connectivity index (χ1) is 12.2. The fourth-order valence-corrected chi connectivity index (χ4v) is 3.52. The molecule has 1 aliphatic carbocycles. The summed E-state index contributed by atoms with van der Waals surface area (Å²) in [6, 6.07) is 19.0. The molecule has 0 N–H and O–H groups in total. The predicted octanol–water partition coefficient (Wildman–Crippen LogP) is 5.13. The van der Waals surface area contributed by atoms with Crippen molar-refractivity contribution in [2.75, 3.05) is 27.7 Å². The molecular formula is C23H27NO. The van der Waals surface area contributed by atoms with Crippen molar-refractivity contribution in [3.63, 3.8) is 0 Å². The Labute approximate surface area is 151 Å². The monoisotopic (exact) mass is 333 g/mol. The largest absolute Gasteiger partial charge is 0.497 e. The Balaban J connectivity index is 1.98. The van der Waals surface area contributed by atoms with E-state index >= 15 is 0 Å². The van der Waals surface area contributed by atoms with Crippen LogP contribution in [0.25, 0.3) is 11.6 Å². The molecule has 0 aliphatic heterocycles. The first-order valence-corrected chi connectivity index (χ1v) is 8.92. The van der Waals surface area contributed by atoms with Gasteiger partial charge in [-0.05, 0) is 67.3 Å². The minimum Gasteiger partial charge on any atom is -0.497 e. The van der Waals surface area contributed by atoms with Gasteiger partial charge < -0.3 is 9.64 Å². The second kappa shape index (κ2) is 8.17. The van der Waals surface area contributed by atoms with Gasteiger partial charge in [0.05, 0.1) is 7.11 Å². The molecule has 2 aromatic carbocycles. The highest BCUT2D eigenvalue weighted by molar-refractivity contribution is 5.74. The maximum atomic E-state index is 5.43. The molecule has 3 rings (SSSR count). The Morgan fingerprint density at radius 3 is 2.60 bits per heavy atom. The summed E-state index contributed by atoms with van der Waals surface area (Å²) in [7, 11) is 6.03. The molecule has 0 spiro atoms. The van der Waals surface area contributed by atoms with E-state index in [-0.39, 0.29) is 0 Å². The molecule has 0 amide bonds. The molecule has 25 heavy (non-hydrogen) atoms. The number of hydrogen-bond acceptors (Lipinski definition) is 2. The first kappa shape index (κ1) is 17.5. The molecule has 0 fully saturated rings. The summed E-state index contributed by atoms with van der Waals surface area (Å²) in [6.07, 6.45) is 7.01. The van der Waals surface area contributed by atoms with Crippen molar-refractivity contribution in [2.45, 2.75) is 12.8 Å². The number of methoxy groups -OCH3 is 1. The molecule has 0 aromatic heterocycles. The third kappa shape index (κ3) is 4.61. The zero-order valence-corrected chi connectivity index (χ0v) is 15.4. The van der Waals surface area contributed by atoms with Crippen LogP contribution in [-0.2, 0) is 0 Å². The Morgan fingerprint density at radius 1 is 1.08 bits per heavy atom. The van der Waals surface area contributed by atoms with E-state index in [1.807, 2.05) is 6.07 Å². The Hall–Kier alpha value is -2.32. The summed E-state index contributed by atoms with van der Waals surface area (Å²) < 4.78 is 5.43. The summed E-state index contributed by atoms with van der Waals surface area (Å²) in [4.78, 5) is 2.28. The molecule has 2 heteroatoms. The van der Waals surface area contributed by atoms with E-state index in [1.165, 1.54) is 28.7 Å². The molecule has 0 saturated heterocycles. The molecule has 0 heterocycles. The van der Waals surface area contributed by atoms with Gasteiger partial charge in [-0.25, -0.2) is 0 Å². The number of rotatable bonds is 5. The van der Waals surface area contributed by atoms with Crippen LogP contribution in [0.15, 0.2) is 66.2 Å². The van der Waals surface area contributed by atoms with E-state index in [0.717, 1.165) is 18.7 Å². The van der Waals surface area contributed by atoms with Crippen molar-refractivity contribution < 1.29 is 4.74 Å².